The number of hydrogen-bond acceptors (Lipinski definition) is 5. The molecule has 0 spiro atoms. The normalized spacial score (nSPS) is 17.4. The Bertz CT molecular complexity index is 781. The lowest BCUT2D eigenvalue weighted by Crippen LogP contribution is -2.49. The summed E-state index contributed by atoms with van der Waals surface area (Å²) in [5.41, 5.74) is 3.94. The van der Waals surface area contributed by atoms with Gasteiger partial charge in [-0.3, -0.25) is 4.90 Å². The highest BCUT2D eigenvalue weighted by atomic mass is 15.6. The molecule has 0 saturated carbocycles. The Kier molecular flexibility index (Phi) is 6.08. The highest BCUT2D eigenvalue weighted by Crippen LogP contribution is 2.31. The number of piperazine rings is 1. The topological polar surface area (TPSA) is 50.1 Å². The van der Waals surface area contributed by atoms with Crippen molar-refractivity contribution in [1.82, 2.24) is 25.1 Å². The zero-order valence-electron chi connectivity index (χ0n) is 18.6. The van der Waals surface area contributed by atoms with Crippen LogP contribution in [-0.2, 0) is 5.54 Å². The van der Waals surface area contributed by atoms with Gasteiger partial charge >= 0.3 is 0 Å². The molecule has 0 radical (unpaired) electrons. The Morgan fingerprint density at radius 3 is 2.32 bits per heavy atom. The van der Waals surface area contributed by atoms with Crippen LogP contribution in [0.2, 0.25) is 0 Å². The van der Waals surface area contributed by atoms with Gasteiger partial charge in [-0.25, -0.2) is 4.68 Å². The van der Waals surface area contributed by atoms with Crippen molar-refractivity contribution in [2.45, 2.75) is 66.5 Å². The van der Waals surface area contributed by atoms with E-state index in [2.05, 4.69) is 92.0 Å². The van der Waals surface area contributed by atoms with E-state index in [9.17, 15) is 0 Å². The van der Waals surface area contributed by atoms with E-state index in [1.807, 2.05) is 4.68 Å². The Labute approximate surface area is 169 Å². The van der Waals surface area contributed by atoms with Crippen molar-refractivity contribution in [2.24, 2.45) is 5.92 Å². The van der Waals surface area contributed by atoms with Crippen LogP contribution >= 0.6 is 0 Å². The highest BCUT2D eigenvalue weighted by molar-refractivity contribution is 5.55. The minimum absolute atomic E-state index is 0.117. The molecule has 0 unspecified atom stereocenters. The molecule has 1 saturated heterocycles. The fraction of sp³-hybridized carbons (Fsp3) is 0.682. The molecule has 1 aliphatic rings. The molecule has 6 nitrogen and oxygen atoms in total. The van der Waals surface area contributed by atoms with Crippen LogP contribution in [0.3, 0.4) is 0 Å². The summed E-state index contributed by atoms with van der Waals surface area (Å²) in [7, 11) is 0. The second kappa shape index (κ2) is 8.19. The van der Waals surface area contributed by atoms with Crippen LogP contribution in [0.25, 0.3) is 0 Å². The van der Waals surface area contributed by atoms with Crippen molar-refractivity contribution < 1.29 is 0 Å². The molecule has 6 heteroatoms. The van der Waals surface area contributed by atoms with E-state index >= 15 is 0 Å². The van der Waals surface area contributed by atoms with E-state index in [0.29, 0.717) is 5.92 Å². The van der Waals surface area contributed by atoms with Crippen LogP contribution in [0, 0.1) is 19.8 Å². The maximum Gasteiger partial charge on any atom is 0.168 e. The molecule has 0 bridgehead atoms. The number of nitrogens with zero attached hydrogens (tertiary/aromatic N) is 6. The van der Waals surface area contributed by atoms with Crippen LogP contribution in [-0.4, -0.2) is 51.3 Å². The van der Waals surface area contributed by atoms with E-state index in [1.54, 1.807) is 0 Å². The quantitative estimate of drug-likeness (QED) is 0.781. The summed E-state index contributed by atoms with van der Waals surface area (Å²) in [5, 5.41) is 12.8. The number of anilines is 1. The van der Waals surface area contributed by atoms with Crippen molar-refractivity contribution in [3.8, 4) is 0 Å². The number of benzene rings is 1. The molecule has 0 aliphatic carbocycles. The van der Waals surface area contributed by atoms with Gasteiger partial charge in [0.15, 0.2) is 5.82 Å². The van der Waals surface area contributed by atoms with Crippen LogP contribution < -0.4 is 4.90 Å². The Balaban J connectivity index is 1.79. The van der Waals surface area contributed by atoms with Gasteiger partial charge in [0.25, 0.3) is 0 Å². The molecule has 28 heavy (non-hydrogen) atoms. The van der Waals surface area contributed by atoms with E-state index in [-0.39, 0.29) is 11.6 Å². The molecule has 2 aromatic rings. The predicted octanol–water partition coefficient (Wildman–Crippen LogP) is 3.95. The number of aryl methyl sites for hydroxylation is 2. The first-order valence-electron chi connectivity index (χ1n) is 10.5. The molecular formula is C22H36N6. The van der Waals surface area contributed by atoms with Crippen molar-refractivity contribution >= 4 is 5.69 Å². The zero-order chi connectivity index (χ0) is 20.5. The van der Waals surface area contributed by atoms with Crippen LogP contribution in [0.4, 0.5) is 5.69 Å². The number of hydrogen-bond donors (Lipinski definition) is 0. The maximum absolute atomic E-state index is 4.46. The van der Waals surface area contributed by atoms with Gasteiger partial charge in [0.2, 0.25) is 0 Å². The molecule has 1 atom stereocenters. The first kappa shape index (κ1) is 20.8. The maximum atomic E-state index is 4.46. The summed E-state index contributed by atoms with van der Waals surface area (Å²) in [4.78, 5) is 5.10. The van der Waals surface area contributed by atoms with Crippen molar-refractivity contribution in [2.75, 3.05) is 31.1 Å². The third-order valence-corrected chi connectivity index (χ3v) is 5.58. The first-order chi connectivity index (χ1) is 13.2. The Morgan fingerprint density at radius 1 is 1.04 bits per heavy atom. The minimum Gasteiger partial charge on any atom is -0.369 e. The summed E-state index contributed by atoms with van der Waals surface area (Å²) in [6, 6.07) is 7.00. The van der Waals surface area contributed by atoms with Crippen LogP contribution in [0.1, 0.15) is 64.0 Å². The minimum atomic E-state index is -0.117. The van der Waals surface area contributed by atoms with Gasteiger partial charge in [0.1, 0.15) is 0 Å². The lowest BCUT2D eigenvalue weighted by molar-refractivity contribution is 0.146. The zero-order valence-corrected chi connectivity index (χ0v) is 18.6. The number of rotatable bonds is 5. The lowest BCUT2D eigenvalue weighted by Gasteiger charge is -2.41. The monoisotopic (exact) mass is 384 g/mol. The standard InChI is InChI=1S/C22H36N6/c1-16(2)14-20(21-23-24-25-28(21)22(5,6)7)27-12-10-26(11-13-27)19-15-17(3)8-9-18(19)4/h8-9,15-16,20H,10-14H2,1-7H3/t20-/m0/s1. The number of tetrazole rings is 1. The van der Waals surface area contributed by atoms with Gasteiger partial charge in [-0.15, -0.1) is 5.10 Å². The second-order valence-corrected chi connectivity index (χ2v) is 9.58. The molecule has 154 valence electrons. The van der Waals surface area contributed by atoms with Crippen LogP contribution in [0.15, 0.2) is 18.2 Å². The average molecular weight is 385 g/mol. The van der Waals surface area contributed by atoms with E-state index in [4.69, 9.17) is 0 Å². The molecular weight excluding hydrogens is 348 g/mol. The van der Waals surface area contributed by atoms with Gasteiger partial charge < -0.3 is 4.90 Å². The third kappa shape index (κ3) is 4.54. The summed E-state index contributed by atoms with van der Waals surface area (Å²) in [6.45, 7) is 19.6. The van der Waals surface area contributed by atoms with E-state index in [1.165, 1.54) is 16.8 Å². The van der Waals surface area contributed by atoms with Crippen molar-refractivity contribution in [3.63, 3.8) is 0 Å². The fourth-order valence-electron chi connectivity index (χ4n) is 4.08. The van der Waals surface area contributed by atoms with Crippen molar-refractivity contribution in [3.05, 3.63) is 35.2 Å². The molecule has 1 aromatic carbocycles. The summed E-state index contributed by atoms with van der Waals surface area (Å²) < 4.78 is 2.01. The molecule has 2 heterocycles. The van der Waals surface area contributed by atoms with Gasteiger partial charge in [-0.2, -0.15) is 0 Å². The lowest BCUT2D eigenvalue weighted by atomic mass is 9.99. The van der Waals surface area contributed by atoms with Gasteiger partial charge in [-0.05, 0) is 74.6 Å². The summed E-state index contributed by atoms with van der Waals surface area (Å²) in [6.07, 6.45) is 1.07. The van der Waals surface area contributed by atoms with E-state index < -0.39 is 0 Å². The second-order valence-electron chi connectivity index (χ2n) is 9.58. The van der Waals surface area contributed by atoms with Crippen molar-refractivity contribution in [1.29, 1.82) is 0 Å². The molecule has 1 fully saturated rings. The fourth-order valence-corrected chi connectivity index (χ4v) is 4.08. The third-order valence-electron chi connectivity index (χ3n) is 5.58. The Morgan fingerprint density at radius 2 is 1.71 bits per heavy atom. The van der Waals surface area contributed by atoms with Crippen LogP contribution in [0.5, 0.6) is 0 Å². The summed E-state index contributed by atoms with van der Waals surface area (Å²) >= 11 is 0. The summed E-state index contributed by atoms with van der Waals surface area (Å²) in [5.74, 6) is 1.59. The molecule has 1 aromatic heterocycles. The first-order valence-corrected chi connectivity index (χ1v) is 10.5. The SMILES string of the molecule is Cc1ccc(C)c(N2CCN([C@@H](CC(C)C)c3nnnn3C(C)(C)C)CC2)c1. The molecule has 0 N–H and O–H groups in total. The number of aromatic nitrogens is 4. The average Bonchev–Trinajstić information content (AvgIpc) is 3.12. The molecule has 1 aliphatic heterocycles. The highest BCUT2D eigenvalue weighted by Gasteiger charge is 2.32. The predicted molar refractivity (Wildman–Crippen MR) is 115 cm³/mol. The van der Waals surface area contributed by atoms with Gasteiger partial charge in [0, 0.05) is 31.9 Å². The van der Waals surface area contributed by atoms with Gasteiger partial charge in [0.05, 0.1) is 11.6 Å². The van der Waals surface area contributed by atoms with Gasteiger partial charge in [-0.1, -0.05) is 26.0 Å². The molecule has 3 rings (SSSR count). The molecule has 0 amide bonds. The largest absolute Gasteiger partial charge is 0.369 e. The smallest absolute Gasteiger partial charge is 0.168 e. The Hall–Kier alpha value is -1.95. The van der Waals surface area contributed by atoms with E-state index in [0.717, 1.165) is 38.4 Å².